The third-order valence-electron chi connectivity index (χ3n) is 2.07. The average Bonchev–Trinajstić information content (AvgIpc) is 2.82. The molecule has 0 aliphatic heterocycles. The largest absolute Gasteiger partial charge is 0.378 e. The molecule has 0 amide bonds. The molecule has 0 aromatic carbocycles. The summed E-state index contributed by atoms with van der Waals surface area (Å²) < 4.78 is 5.09. The SMILES string of the molecule is CNc1cc(COC)nc(-c2cccs2)n1. The standard InChI is InChI=1S/C11H13N3OS/c1-12-10-6-8(7-15-2)13-11(14-10)9-4-3-5-16-9/h3-6H,7H2,1-2H3,(H,12,13,14). The minimum Gasteiger partial charge on any atom is -0.378 e. The first kappa shape index (κ1) is 11.0. The highest BCUT2D eigenvalue weighted by molar-refractivity contribution is 7.13. The second kappa shape index (κ2) is 5.05. The Labute approximate surface area is 98.3 Å². The van der Waals surface area contributed by atoms with Crippen LogP contribution in [0.5, 0.6) is 0 Å². The third-order valence-corrected chi connectivity index (χ3v) is 2.93. The van der Waals surface area contributed by atoms with Gasteiger partial charge in [-0.1, -0.05) is 6.07 Å². The van der Waals surface area contributed by atoms with E-state index in [-0.39, 0.29) is 0 Å². The predicted octanol–water partition coefficient (Wildman–Crippen LogP) is 2.39. The fraction of sp³-hybridized carbons (Fsp3) is 0.273. The van der Waals surface area contributed by atoms with Crippen molar-refractivity contribution in [3.63, 3.8) is 0 Å². The van der Waals surface area contributed by atoms with Crippen LogP contribution in [0.25, 0.3) is 10.7 Å². The molecule has 2 aromatic heterocycles. The number of aromatic nitrogens is 2. The molecule has 0 radical (unpaired) electrons. The first-order chi connectivity index (χ1) is 7.83. The molecule has 2 rings (SSSR count). The van der Waals surface area contributed by atoms with Crippen molar-refractivity contribution in [1.82, 2.24) is 9.97 Å². The first-order valence-corrected chi connectivity index (χ1v) is 5.80. The molecule has 0 spiro atoms. The molecule has 0 bridgehead atoms. The molecule has 1 N–H and O–H groups in total. The Hall–Kier alpha value is -1.46. The van der Waals surface area contributed by atoms with Crippen LogP contribution >= 0.6 is 11.3 Å². The molecule has 2 heterocycles. The minimum absolute atomic E-state index is 0.496. The molecule has 0 aliphatic rings. The van der Waals surface area contributed by atoms with Gasteiger partial charge in [-0.2, -0.15) is 0 Å². The molecular formula is C11H13N3OS. The highest BCUT2D eigenvalue weighted by Crippen LogP contribution is 2.22. The summed E-state index contributed by atoms with van der Waals surface area (Å²) in [6.45, 7) is 0.496. The Morgan fingerprint density at radius 1 is 1.44 bits per heavy atom. The van der Waals surface area contributed by atoms with Gasteiger partial charge in [-0.15, -0.1) is 11.3 Å². The van der Waals surface area contributed by atoms with E-state index in [4.69, 9.17) is 4.74 Å². The van der Waals surface area contributed by atoms with Crippen molar-refractivity contribution in [1.29, 1.82) is 0 Å². The molecule has 84 valence electrons. The molecule has 0 atom stereocenters. The molecule has 4 nitrogen and oxygen atoms in total. The quantitative estimate of drug-likeness (QED) is 0.884. The summed E-state index contributed by atoms with van der Waals surface area (Å²) in [5.74, 6) is 1.55. The van der Waals surface area contributed by atoms with E-state index in [0.29, 0.717) is 6.61 Å². The summed E-state index contributed by atoms with van der Waals surface area (Å²) in [5, 5.41) is 5.04. The number of rotatable bonds is 4. The summed E-state index contributed by atoms with van der Waals surface area (Å²) in [7, 11) is 3.50. The molecule has 0 aliphatic carbocycles. The molecule has 0 fully saturated rings. The smallest absolute Gasteiger partial charge is 0.171 e. The van der Waals surface area contributed by atoms with Crippen molar-refractivity contribution in [2.24, 2.45) is 0 Å². The van der Waals surface area contributed by atoms with Crippen LogP contribution in [0.4, 0.5) is 5.82 Å². The molecular weight excluding hydrogens is 222 g/mol. The fourth-order valence-electron chi connectivity index (χ4n) is 1.36. The molecule has 16 heavy (non-hydrogen) atoms. The lowest BCUT2D eigenvalue weighted by atomic mass is 10.3. The van der Waals surface area contributed by atoms with Crippen molar-refractivity contribution in [2.45, 2.75) is 6.61 Å². The van der Waals surface area contributed by atoms with E-state index in [2.05, 4.69) is 15.3 Å². The van der Waals surface area contributed by atoms with Gasteiger partial charge in [-0.25, -0.2) is 9.97 Å². The van der Waals surface area contributed by atoms with Gasteiger partial charge in [0, 0.05) is 20.2 Å². The van der Waals surface area contributed by atoms with Crippen molar-refractivity contribution < 1.29 is 4.74 Å². The minimum atomic E-state index is 0.496. The zero-order valence-electron chi connectivity index (χ0n) is 9.23. The van der Waals surface area contributed by atoms with Crippen molar-refractivity contribution in [3.05, 3.63) is 29.3 Å². The topological polar surface area (TPSA) is 47.0 Å². The lowest BCUT2D eigenvalue weighted by Crippen LogP contribution is -2.01. The highest BCUT2D eigenvalue weighted by atomic mass is 32.1. The van der Waals surface area contributed by atoms with Gasteiger partial charge in [0.25, 0.3) is 0 Å². The Kier molecular flexibility index (Phi) is 3.48. The van der Waals surface area contributed by atoms with Crippen LogP contribution in [-0.2, 0) is 11.3 Å². The van der Waals surface area contributed by atoms with Gasteiger partial charge < -0.3 is 10.1 Å². The van der Waals surface area contributed by atoms with Gasteiger partial charge in [0.2, 0.25) is 0 Å². The molecule has 0 saturated carbocycles. The Bertz CT molecular complexity index is 456. The van der Waals surface area contributed by atoms with Crippen molar-refractivity contribution >= 4 is 17.2 Å². The summed E-state index contributed by atoms with van der Waals surface area (Å²) >= 11 is 1.63. The first-order valence-electron chi connectivity index (χ1n) is 4.92. The maximum atomic E-state index is 5.09. The van der Waals surface area contributed by atoms with Gasteiger partial charge >= 0.3 is 0 Å². The number of hydrogen-bond acceptors (Lipinski definition) is 5. The Morgan fingerprint density at radius 3 is 2.94 bits per heavy atom. The molecule has 5 heteroatoms. The summed E-state index contributed by atoms with van der Waals surface area (Å²) in [6, 6.07) is 5.89. The zero-order chi connectivity index (χ0) is 11.4. The van der Waals surface area contributed by atoms with Crippen LogP contribution in [-0.4, -0.2) is 24.1 Å². The maximum Gasteiger partial charge on any atom is 0.171 e. The number of anilines is 1. The summed E-state index contributed by atoms with van der Waals surface area (Å²) in [5.41, 5.74) is 0.880. The third kappa shape index (κ3) is 2.37. The van der Waals surface area contributed by atoms with Gasteiger partial charge in [0.05, 0.1) is 17.2 Å². The summed E-state index contributed by atoms with van der Waals surface area (Å²) in [4.78, 5) is 9.92. The highest BCUT2D eigenvalue weighted by Gasteiger charge is 2.06. The van der Waals surface area contributed by atoms with E-state index in [1.807, 2.05) is 30.6 Å². The number of ether oxygens (including phenoxy) is 1. The van der Waals surface area contributed by atoms with Crippen LogP contribution < -0.4 is 5.32 Å². The molecule has 0 saturated heterocycles. The maximum absolute atomic E-state index is 5.09. The second-order valence-electron chi connectivity index (χ2n) is 3.23. The van der Waals surface area contributed by atoms with Gasteiger partial charge in [0.15, 0.2) is 5.82 Å². The van der Waals surface area contributed by atoms with Crippen LogP contribution in [0.1, 0.15) is 5.69 Å². The monoisotopic (exact) mass is 235 g/mol. The van der Waals surface area contributed by atoms with Gasteiger partial charge in [-0.05, 0) is 11.4 Å². The van der Waals surface area contributed by atoms with E-state index in [9.17, 15) is 0 Å². The normalized spacial score (nSPS) is 10.4. The lowest BCUT2D eigenvalue weighted by molar-refractivity contribution is 0.181. The van der Waals surface area contributed by atoms with E-state index in [1.165, 1.54) is 0 Å². The van der Waals surface area contributed by atoms with E-state index in [0.717, 1.165) is 22.2 Å². The number of nitrogens with one attached hydrogen (secondary N) is 1. The van der Waals surface area contributed by atoms with E-state index >= 15 is 0 Å². The van der Waals surface area contributed by atoms with Crippen molar-refractivity contribution in [3.8, 4) is 10.7 Å². The van der Waals surface area contributed by atoms with Crippen LogP contribution in [0.3, 0.4) is 0 Å². The second-order valence-corrected chi connectivity index (χ2v) is 4.18. The number of methoxy groups -OCH3 is 1. The Morgan fingerprint density at radius 2 is 2.31 bits per heavy atom. The van der Waals surface area contributed by atoms with Crippen LogP contribution in [0.2, 0.25) is 0 Å². The van der Waals surface area contributed by atoms with Crippen LogP contribution in [0, 0.1) is 0 Å². The van der Waals surface area contributed by atoms with E-state index < -0.39 is 0 Å². The average molecular weight is 235 g/mol. The lowest BCUT2D eigenvalue weighted by Gasteiger charge is -2.05. The van der Waals surface area contributed by atoms with E-state index in [1.54, 1.807) is 18.4 Å². The zero-order valence-corrected chi connectivity index (χ0v) is 10.0. The number of thiophene rings is 1. The van der Waals surface area contributed by atoms with Crippen LogP contribution in [0.15, 0.2) is 23.6 Å². The fourth-order valence-corrected chi connectivity index (χ4v) is 2.02. The molecule has 0 unspecified atom stereocenters. The molecule has 2 aromatic rings. The summed E-state index contributed by atoms with van der Waals surface area (Å²) in [6.07, 6.45) is 0. The predicted molar refractivity (Wildman–Crippen MR) is 65.6 cm³/mol. The number of nitrogens with zero attached hydrogens (tertiary/aromatic N) is 2. The van der Waals surface area contributed by atoms with Gasteiger partial charge in [-0.3, -0.25) is 0 Å². The Balaban J connectivity index is 2.41. The number of hydrogen-bond donors (Lipinski definition) is 1. The van der Waals surface area contributed by atoms with Crippen molar-refractivity contribution in [2.75, 3.05) is 19.5 Å². The van der Waals surface area contributed by atoms with Gasteiger partial charge in [0.1, 0.15) is 5.82 Å².